The molecule has 0 unspecified atom stereocenters. The van der Waals surface area contributed by atoms with Gasteiger partial charge in [-0.3, -0.25) is 10.0 Å². The number of benzene rings is 2. The minimum Gasteiger partial charge on any atom is -0.489 e. The third kappa shape index (κ3) is 4.10. The molecule has 0 saturated heterocycles. The SMILES string of the molecule is CC(=O)NCCc1cn(NO)c2ccc(OCc3ccccc3)cc12. The number of nitrogens with one attached hydrogen (secondary N) is 2. The molecule has 0 aliphatic heterocycles. The van der Waals surface area contributed by atoms with Crippen molar-refractivity contribution in [2.75, 3.05) is 12.1 Å². The molecule has 1 amide bonds. The second kappa shape index (κ2) is 7.72. The summed E-state index contributed by atoms with van der Waals surface area (Å²) in [6, 6.07) is 15.7. The molecule has 25 heavy (non-hydrogen) atoms. The molecule has 0 saturated carbocycles. The third-order valence-corrected chi connectivity index (χ3v) is 3.98. The fourth-order valence-corrected chi connectivity index (χ4v) is 2.76. The van der Waals surface area contributed by atoms with E-state index in [9.17, 15) is 10.0 Å². The Labute approximate surface area is 146 Å². The molecule has 0 radical (unpaired) electrons. The van der Waals surface area contributed by atoms with E-state index in [2.05, 4.69) is 10.9 Å². The van der Waals surface area contributed by atoms with E-state index in [1.165, 1.54) is 6.92 Å². The monoisotopic (exact) mass is 339 g/mol. The molecule has 6 heteroatoms. The summed E-state index contributed by atoms with van der Waals surface area (Å²) in [6.45, 7) is 2.52. The van der Waals surface area contributed by atoms with Gasteiger partial charge < -0.3 is 10.1 Å². The zero-order valence-electron chi connectivity index (χ0n) is 14.0. The summed E-state index contributed by atoms with van der Waals surface area (Å²) in [7, 11) is 0. The molecule has 2 aromatic carbocycles. The minimum atomic E-state index is -0.0593. The Morgan fingerprint density at radius 3 is 2.72 bits per heavy atom. The summed E-state index contributed by atoms with van der Waals surface area (Å²) in [5, 5.41) is 13.1. The van der Waals surface area contributed by atoms with E-state index >= 15 is 0 Å². The topological polar surface area (TPSA) is 75.5 Å². The van der Waals surface area contributed by atoms with Crippen LogP contribution in [0.15, 0.2) is 54.7 Å². The van der Waals surface area contributed by atoms with Crippen LogP contribution in [0.1, 0.15) is 18.1 Å². The van der Waals surface area contributed by atoms with Crippen LogP contribution in [0, 0.1) is 0 Å². The van der Waals surface area contributed by atoms with E-state index in [1.807, 2.05) is 54.7 Å². The Morgan fingerprint density at radius 1 is 1.20 bits per heavy atom. The van der Waals surface area contributed by atoms with E-state index < -0.39 is 0 Å². The second-order valence-electron chi connectivity index (χ2n) is 5.81. The van der Waals surface area contributed by atoms with Crippen molar-refractivity contribution >= 4 is 16.8 Å². The predicted molar refractivity (Wildman–Crippen MR) is 96.2 cm³/mol. The van der Waals surface area contributed by atoms with Crippen molar-refractivity contribution in [1.82, 2.24) is 9.99 Å². The first-order chi connectivity index (χ1) is 12.2. The van der Waals surface area contributed by atoms with Crippen molar-refractivity contribution in [2.45, 2.75) is 20.0 Å². The lowest BCUT2D eigenvalue weighted by Crippen LogP contribution is -2.22. The maximum atomic E-state index is 11.0. The lowest BCUT2D eigenvalue weighted by atomic mass is 10.1. The number of carbonyl (C=O) groups is 1. The number of hydrogen-bond acceptors (Lipinski definition) is 4. The maximum Gasteiger partial charge on any atom is 0.216 e. The van der Waals surface area contributed by atoms with Gasteiger partial charge in [-0.15, -0.1) is 0 Å². The summed E-state index contributed by atoms with van der Waals surface area (Å²) < 4.78 is 7.42. The van der Waals surface area contributed by atoms with E-state index in [1.54, 1.807) is 4.68 Å². The van der Waals surface area contributed by atoms with Gasteiger partial charge in [0.15, 0.2) is 0 Å². The van der Waals surface area contributed by atoms with Crippen LogP contribution in [-0.4, -0.2) is 22.3 Å². The van der Waals surface area contributed by atoms with E-state index in [-0.39, 0.29) is 5.91 Å². The van der Waals surface area contributed by atoms with Gasteiger partial charge in [-0.1, -0.05) is 30.3 Å². The molecule has 3 aromatic rings. The van der Waals surface area contributed by atoms with Crippen LogP contribution in [0.4, 0.5) is 0 Å². The fraction of sp³-hybridized carbons (Fsp3) is 0.211. The summed E-state index contributed by atoms with van der Waals surface area (Å²) in [4.78, 5) is 11.0. The Kier molecular flexibility index (Phi) is 5.20. The Balaban J connectivity index is 1.80. The lowest BCUT2D eigenvalue weighted by molar-refractivity contribution is -0.118. The molecule has 0 spiro atoms. The Morgan fingerprint density at radius 2 is 2.00 bits per heavy atom. The highest BCUT2D eigenvalue weighted by Crippen LogP contribution is 2.26. The lowest BCUT2D eigenvalue weighted by Gasteiger charge is -2.08. The van der Waals surface area contributed by atoms with Crippen molar-refractivity contribution in [3.63, 3.8) is 0 Å². The number of carbonyl (C=O) groups excluding carboxylic acids is 1. The highest BCUT2D eigenvalue weighted by molar-refractivity contribution is 5.85. The van der Waals surface area contributed by atoms with Gasteiger partial charge in [-0.05, 0) is 35.7 Å². The first-order valence-corrected chi connectivity index (χ1v) is 8.12. The van der Waals surface area contributed by atoms with E-state index in [4.69, 9.17) is 4.74 Å². The van der Waals surface area contributed by atoms with Gasteiger partial charge in [0.2, 0.25) is 5.91 Å². The first-order valence-electron chi connectivity index (χ1n) is 8.12. The predicted octanol–water partition coefficient (Wildman–Crippen LogP) is 2.83. The number of aromatic nitrogens is 1. The van der Waals surface area contributed by atoms with Crippen LogP contribution >= 0.6 is 0 Å². The smallest absolute Gasteiger partial charge is 0.216 e. The largest absolute Gasteiger partial charge is 0.489 e. The number of fused-ring (bicyclic) bond motifs is 1. The Hall–Kier alpha value is -2.99. The number of nitrogens with zero attached hydrogens (tertiary/aromatic N) is 1. The number of rotatable bonds is 7. The quantitative estimate of drug-likeness (QED) is 0.579. The van der Waals surface area contributed by atoms with Crippen LogP contribution in [0.25, 0.3) is 10.9 Å². The summed E-state index contributed by atoms with van der Waals surface area (Å²) >= 11 is 0. The van der Waals surface area contributed by atoms with Crippen LogP contribution in [0.3, 0.4) is 0 Å². The molecule has 0 fully saturated rings. The van der Waals surface area contributed by atoms with Gasteiger partial charge in [0.1, 0.15) is 12.4 Å². The molecule has 1 aromatic heterocycles. The molecule has 130 valence electrons. The van der Waals surface area contributed by atoms with Crippen LogP contribution in [-0.2, 0) is 17.8 Å². The molecule has 3 N–H and O–H groups in total. The van der Waals surface area contributed by atoms with Crippen LogP contribution in [0.5, 0.6) is 5.75 Å². The second-order valence-corrected chi connectivity index (χ2v) is 5.81. The maximum absolute atomic E-state index is 11.0. The molecule has 0 atom stereocenters. The zero-order valence-corrected chi connectivity index (χ0v) is 14.0. The number of hydrogen-bond donors (Lipinski definition) is 3. The van der Waals surface area contributed by atoms with Gasteiger partial charge in [0.05, 0.1) is 5.52 Å². The van der Waals surface area contributed by atoms with Gasteiger partial charge in [0, 0.05) is 25.1 Å². The van der Waals surface area contributed by atoms with E-state index in [0.717, 1.165) is 27.8 Å². The van der Waals surface area contributed by atoms with Gasteiger partial charge in [-0.2, -0.15) is 0 Å². The van der Waals surface area contributed by atoms with Gasteiger partial charge in [-0.25, -0.2) is 10.3 Å². The average molecular weight is 339 g/mol. The first kappa shape index (κ1) is 16.9. The molecule has 0 bridgehead atoms. The fourth-order valence-electron chi connectivity index (χ4n) is 2.76. The highest BCUT2D eigenvalue weighted by atomic mass is 16.5. The molecular formula is C19H21N3O3. The molecule has 1 heterocycles. The standard InChI is InChI=1S/C19H21N3O3/c1-14(23)20-10-9-16-12-22(21-24)19-8-7-17(11-18(16)19)25-13-15-5-3-2-4-6-15/h2-8,11-12,21,24H,9-10,13H2,1H3,(H,20,23). The van der Waals surface area contributed by atoms with Crippen molar-refractivity contribution in [3.8, 4) is 5.75 Å². The highest BCUT2D eigenvalue weighted by Gasteiger charge is 2.10. The average Bonchev–Trinajstić information content (AvgIpc) is 2.98. The van der Waals surface area contributed by atoms with E-state index in [0.29, 0.717) is 19.6 Å². The van der Waals surface area contributed by atoms with Crippen molar-refractivity contribution < 1.29 is 14.7 Å². The number of amides is 1. The molecule has 6 nitrogen and oxygen atoms in total. The van der Waals surface area contributed by atoms with Crippen LogP contribution < -0.4 is 15.6 Å². The number of ether oxygens (including phenoxy) is 1. The molecule has 0 aliphatic rings. The molecule has 0 aliphatic carbocycles. The Bertz CT molecular complexity index is 859. The van der Waals surface area contributed by atoms with Gasteiger partial charge >= 0.3 is 0 Å². The van der Waals surface area contributed by atoms with Gasteiger partial charge in [0.25, 0.3) is 0 Å². The summed E-state index contributed by atoms with van der Waals surface area (Å²) in [5.74, 6) is 0.698. The van der Waals surface area contributed by atoms with Crippen molar-refractivity contribution in [1.29, 1.82) is 0 Å². The third-order valence-electron chi connectivity index (χ3n) is 3.98. The molecule has 3 rings (SSSR count). The van der Waals surface area contributed by atoms with Crippen molar-refractivity contribution in [3.05, 3.63) is 65.9 Å². The zero-order chi connectivity index (χ0) is 17.6. The normalized spacial score (nSPS) is 10.6. The summed E-state index contributed by atoms with van der Waals surface area (Å²) in [6.07, 6.45) is 2.47. The summed E-state index contributed by atoms with van der Waals surface area (Å²) in [5.41, 5.74) is 5.11. The minimum absolute atomic E-state index is 0.0593. The molecular weight excluding hydrogens is 318 g/mol. The van der Waals surface area contributed by atoms with Crippen LogP contribution in [0.2, 0.25) is 0 Å². The van der Waals surface area contributed by atoms with Crippen molar-refractivity contribution in [2.24, 2.45) is 0 Å².